The fourth-order valence-electron chi connectivity index (χ4n) is 2.09. The second-order valence-electron chi connectivity index (χ2n) is 4.16. The Balaban J connectivity index is 2.30. The van der Waals surface area contributed by atoms with Gasteiger partial charge < -0.3 is 14.7 Å². The molecule has 6 heteroatoms. The quantitative estimate of drug-likeness (QED) is 0.930. The van der Waals surface area contributed by atoms with E-state index in [1.807, 2.05) is 4.90 Å². The molecular weight excluding hydrogens is 305 g/mol. The number of ether oxygens (including phenoxy) is 1. The average Bonchev–Trinajstić information content (AvgIpc) is 2.80. The Morgan fingerprint density at radius 2 is 2.33 bits per heavy atom. The lowest BCUT2D eigenvalue weighted by Gasteiger charge is -2.20. The molecule has 1 aromatic rings. The van der Waals surface area contributed by atoms with Crippen LogP contribution < -0.4 is 4.90 Å². The zero-order valence-electron chi connectivity index (χ0n) is 9.82. The second-order valence-corrected chi connectivity index (χ2v) is 4.95. The van der Waals surface area contributed by atoms with Crippen molar-refractivity contribution in [1.29, 1.82) is 0 Å². The molecule has 0 radical (unpaired) electrons. The third kappa shape index (κ3) is 2.35. The first kappa shape index (κ1) is 13.3. The predicted octanol–water partition coefficient (Wildman–Crippen LogP) is 2.51. The molecule has 1 atom stereocenters. The molecule has 0 saturated carbocycles. The molecule has 2 rings (SSSR count). The van der Waals surface area contributed by atoms with Crippen LogP contribution in [-0.2, 0) is 4.74 Å². The summed E-state index contributed by atoms with van der Waals surface area (Å²) >= 11 is 3.00. The van der Waals surface area contributed by atoms with Crippen LogP contribution in [0.4, 0.5) is 10.1 Å². The number of nitrogens with zero attached hydrogens (tertiary/aromatic N) is 1. The Bertz CT molecular complexity index is 481. The Morgan fingerprint density at radius 1 is 1.61 bits per heavy atom. The fourth-order valence-corrected chi connectivity index (χ4v) is 2.59. The first-order valence-corrected chi connectivity index (χ1v) is 6.33. The first-order valence-electron chi connectivity index (χ1n) is 5.53. The summed E-state index contributed by atoms with van der Waals surface area (Å²) in [5.41, 5.74) is 0.338. The number of halogens is 2. The van der Waals surface area contributed by atoms with Crippen molar-refractivity contribution in [2.45, 2.75) is 12.5 Å². The third-order valence-corrected chi connectivity index (χ3v) is 3.89. The molecule has 18 heavy (non-hydrogen) atoms. The van der Waals surface area contributed by atoms with Crippen LogP contribution >= 0.6 is 15.9 Å². The minimum Gasteiger partial charge on any atom is -0.478 e. The molecule has 0 aromatic heterocycles. The summed E-state index contributed by atoms with van der Waals surface area (Å²) in [4.78, 5) is 12.7. The van der Waals surface area contributed by atoms with Gasteiger partial charge in [-0.15, -0.1) is 0 Å². The van der Waals surface area contributed by atoms with Crippen molar-refractivity contribution >= 4 is 27.6 Å². The van der Waals surface area contributed by atoms with Crippen LogP contribution in [0.3, 0.4) is 0 Å². The normalized spacial score (nSPS) is 19.3. The molecule has 1 heterocycles. The maximum Gasteiger partial charge on any atom is 0.336 e. The van der Waals surface area contributed by atoms with Crippen molar-refractivity contribution in [3.05, 3.63) is 28.0 Å². The lowest BCUT2D eigenvalue weighted by molar-refractivity contribution is 0.0695. The molecule has 1 fully saturated rings. The molecule has 0 spiro atoms. The van der Waals surface area contributed by atoms with Gasteiger partial charge in [0.05, 0.1) is 21.8 Å². The monoisotopic (exact) mass is 317 g/mol. The highest BCUT2D eigenvalue weighted by Crippen LogP contribution is 2.31. The molecule has 98 valence electrons. The van der Waals surface area contributed by atoms with Gasteiger partial charge >= 0.3 is 5.97 Å². The van der Waals surface area contributed by atoms with Crippen molar-refractivity contribution < 1.29 is 19.0 Å². The SMILES string of the molecule is COC1CCN(c2ccc(C(=O)O)c(Br)c2F)C1. The van der Waals surface area contributed by atoms with Crippen molar-refractivity contribution in [3.8, 4) is 0 Å². The summed E-state index contributed by atoms with van der Waals surface area (Å²) in [5.74, 6) is -1.69. The highest BCUT2D eigenvalue weighted by atomic mass is 79.9. The van der Waals surface area contributed by atoms with Crippen molar-refractivity contribution in [3.63, 3.8) is 0 Å². The molecule has 4 nitrogen and oxygen atoms in total. The molecule has 1 aromatic carbocycles. The van der Waals surface area contributed by atoms with Crippen LogP contribution in [-0.4, -0.2) is 37.4 Å². The van der Waals surface area contributed by atoms with E-state index in [0.717, 1.165) is 6.42 Å². The van der Waals surface area contributed by atoms with Gasteiger partial charge in [0.2, 0.25) is 0 Å². The van der Waals surface area contributed by atoms with Gasteiger partial charge in [0.1, 0.15) is 0 Å². The standard InChI is InChI=1S/C12H13BrFNO3/c1-18-7-4-5-15(6-7)9-3-2-8(12(16)17)10(13)11(9)14/h2-3,7H,4-6H2,1H3,(H,16,17). The van der Waals surface area contributed by atoms with Gasteiger partial charge in [-0.2, -0.15) is 0 Å². The number of methoxy groups -OCH3 is 1. The molecule has 0 bridgehead atoms. The van der Waals surface area contributed by atoms with E-state index in [2.05, 4.69) is 15.9 Å². The summed E-state index contributed by atoms with van der Waals surface area (Å²) in [6.45, 7) is 1.32. The lowest BCUT2D eigenvalue weighted by atomic mass is 10.2. The molecule has 1 aliphatic heterocycles. The number of anilines is 1. The molecular formula is C12H13BrFNO3. The smallest absolute Gasteiger partial charge is 0.336 e. The second kappa shape index (κ2) is 5.24. The molecule has 1 saturated heterocycles. The number of carboxylic acid groups (broad SMARTS) is 1. The highest BCUT2D eigenvalue weighted by Gasteiger charge is 2.26. The average molecular weight is 318 g/mol. The van der Waals surface area contributed by atoms with E-state index in [9.17, 15) is 9.18 Å². The summed E-state index contributed by atoms with van der Waals surface area (Å²) in [5, 5.41) is 8.90. The minimum atomic E-state index is -1.15. The Morgan fingerprint density at radius 3 is 2.89 bits per heavy atom. The van der Waals surface area contributed by atoms with E-state index in [0.29, 0.717) is 18.8 Å². The lowest BCUT2D eigenvalue weighted by Crippen LogP contribution is -2.23. The number of rotatable bonds is 3. The van der Waals surface area contributed by atoms with Gasteiger partial charge in [0.25, 0.3) is 0 Å². The molecule has 1 aliphatic rings. The summed E-state index contributed by atoms with van der Waals surface area (Å²) in [6, 6.07) is 2.91. The van der Waals surface area contributed by atoms with E-state index in [1.54, 1.807) is 7.11 Å². The Labute approximate surface area is 112 Å². The van der Waals surface area contributed by atoms with Gasteiger partial charge in [-0.1, -0.05) is 0 Å². The number of aromatic carboxylic acids is 1. The minimum absolute atomic E-state index is 0.00614. The summed E-state index contributed by atoms with van der Waals surface area (Å²) < 4.78 is 19.3. The highest BCUT2D eigenvalue weighted by molar-refractivity contribution is 9.10. The molecule has 1 N–H and O–H groups in total. The van der Waals surface area contributed by atoms with Crippen molar-refractivity contribution in [2.24, 2.45) is 0 Å². The Kier molecular flexibility index (Phi) is 3.87. The van der Waals surface area contributed by atoms with Crippen LogP contribution in [0.15, 0.2) is 16.6 Å². The van der Waals surface area contributed by atoms with Crippen LogP contribution in [0.2, 0.25) is 0 Å². The van der Waals surface area contributed by atoms with E-state index < -0.39 is 11.8 Å². The number of carbonyl (C=O) groups is 1. The first-order chi connectivity index (χ1) is 8.54. The molecule has 0 aliphatic carbocycles. The topological polar surface area (TPSA) is 49.8 Å². The van der Waals surface area contributed by atoms with Gasteiger partial charge in [-0.25, -0.2) is 9.18 Å². The third-order valence-electron chi connectivity index (χ3n) is 3.11. The van der Waals surface area contributed by atoms with E-state index in [4.69, 9.17) is 9.84 Å². The molecule has 0 amide bonds. The van der Waals surface area contributed by atoms with Crippen LogP contribution in [0.25, 0.3) is 0 Å². The molecule has 1 unspecified atom stereocenters. The largest absolute Gasteiger partial charge is 0.478 e. The van der Waals surface area contributed by atoms with Crippen molar-refractivity contribution in [1.82, 2.24) is 0 Å². The van der Waals surface area contributed by atoms with Gasteiger partial charge in [0, 0.05) is 20.2 Å². The zero-order valence-corrected chi connectivity index (χ0v) is 11.4. The maximum absolute atomic E-state index is 14.1. The Hall–Kier alpha value is -1.14. The zero-order chi connectivity index (χ0) is 13.3. The summed E-state index contributed by atoms with van der Waals surface area (Å²) in [6.07, 6.45) is 0.941. The number of carboxylic acids is 1. The fraction of sp³-hybridized carbons (Fsp3) is 0.417. The van der Waals surface area contributed by atoms with E-state index >= 15 is 0 Å². The van der Waals surface area contributed by atoms with Gasteiger partial charge in [-0.3, -0.25) is 0 Å². The maximum atomic E-state index is 14.1. The van der Waals surface area contributed by atoms with Crippen LogP contribution in [0, 0.1) is 5.82 Å². The number of hydrogen-bond donors (Lipinski definition) is 1. The predicted molar refractivity (Wildman–Crippen MR) is 68.7 cm³/mol. The van der Waals surface area contributed by atoms with Crippen LogP contribution in [0.5, 0.6) is 0 Å². The van der Waals surface area contributed by atoms with E-state index in [1.165, 1.54) is 12.1 Å². The van der Waals surface area contributed by atoms with Crippen LogP contribution in [0.1, 0.15) is 16.8 Å². The number of hydrogen-bond acceptors (Lipinski definition) is 3. The summed E-state index contributed by atoms with van der Waals surface area (Å²) in [7, 11) is 1.63. The van der Waals surface area contributed by atoms with Gasteiger partial charge in [0.15, 0.2) is 5.82 Å². The van der Waals surface area contributed by atoms with Gasteiger partial charge in [-0.05, 0) is 34.5 Å². The number of benzene rings is 1. The van der Waals surface area contributed by atoms with E-state index in [-0.39, 0.29) is 16.1 Å². The van der Waals surface area contributed by atoms with Crippen molar-refractivity contribution in [2.75, 3.05) is 25.1 Å².